The van der Waals surface area contributed by atoms with Gasteiger partial charge in [0.15, 0.2) is 10.7 Å². The van der Waals surface area contributed by atoms with E-state index in [0.29, 0.717) is 12.0 Å². The van der Waals surface area contributed by atoms with Crippen LogP contribution in [0.4, 0.5) is 4.39 Å². The van der Waals surface area contributed by atoms with Crippen LogP contribution < -0.4 is 0 Å². The Morgan fingerprint density at radius 2 is 1.81 bits per heavy atom. The summed E-state index contributed by atoms with van der Waals surface area (Å²) in [5.41, 5.74) is 0.561. The van der Waals surface area contributed by atoms with Gasteiger partial charge in [-0.3, -0.25) is 9.69 Å². The van der Waals surface area contributed by atoms with Crippen LogP contribution in [-0.2, 0) is 11.2 Å². The van der Waals surface area contributed by atoms with Gasteiger partial charge in [-0.05, 0) is 55.4 Å². The number of hydrogen-bond acceptors (Lipinski definition) is 3. The molecule has 2 aromatic rings. The van der Waals surface area contributed by atoms with Crippen LogP contribution in [0.1, 0.15) is 29.6 Å². The molecule has 1 aliphatic rings. The number of Topliss-reactive ketones (excluding diaryl/α,β-unsaturated/α-hetero) is 1. The second kappa shape index (κ2) is 10.6. The van der Waals surface area contributed by atoms with E-state index >= 15 is 0 Å². The van der Waals surface area contributed by atoms with Crippen LogP contribution in [0.3, 0.4) is 0 Å². The predicted octanol–water partition coefficient (Wildman–Crippen LogP) is 4.61. The quantitative estimate of drug-likeness (QED) is 0.497. The fraction of sp³-hybridized carbons (Fsp3) is 0.286. The highest BCUT2D eigenvalue weighted by Gasteiger charge is 2.22. The van der Waals surface area contributed by atoms with Crippen LogP contribution in [0.25, 0.3) is 0 Å². The van der Waals surface area contributed by atoms with Crippen LogP contribution >= 0.6 is 12.4 Å². The van der Waals surface area contributed by atoms with Gasteiger partial charge in [-0.25, -0.2) is 4.39 Å². The Labute approximate surface area is 168 Å². The number of benzene rings is 2. The summed E-state index contributed by atoms with van der Waals surface area (Å²) in [6.45, 7) is 2.45. The zero-order valence-corrected chi connectivity index (χ0v) is 16.6. The van der Waals surface area contributed by atoms with Crippen molar-refractivity contribution in [1.29, 1.82) is 0 Å². The first-order valence-electron chi connectivity index (χ1n) is 8.80. The Morgan fingerprint density at radius 3 is 2.44 bits per heavy atom. The molecular formula is C21H23ClFNO2S. The molecule has 144 valence electrons. The second-order valence-corrected chi connectivity index (χ2v) is 7.87. The molecule has 2 aromatic carbocycles. The Kier molecular flexibility index (Phi) is 8.51. The van der Waals surface area contributed by atoms with Crippen LogP contribution in [0, 0.1) is 5.82 Å². The van der Waals surface area contributed by atoms with Gasteiger partial charge in [0.05, 0.1) is 0 Å². The summed E-state index contributed by atoms with van der Waals surface area (Å²) in [6.07, 6.45) is 4.05. The van der Waals surface area contributed by atoms with Crippen LogP contribution in [-0.4, -0.2) is 34.9 Å². The summed E-state index contributed by atoms with van der Waals surface area (Å²) in [5.74, 6) is -0.284. The lowest BCUT2D eigenvalue weighted by atomic mass is 10.1. The summed E-state index contributed by atoms with van der Waals surface area (Å²) >= 11 is -1.08. The van der Waals surface area contributed by atoms with Gasteiger partial charge in [0, 0.05) is 42.7 Å². The molecule has 0 amide bonds. The van der Waals surface area contributed by atoms with E-state index in [4.69, 9.17) is 0 Å². The maximum Gasteiger partial charge on any atom is 0.162 e. The zero-order valence-electron chi connectivity index (χ0n) is 15.0. The molecule has 6 heteroatoms. The third-order valence-electron chi connectivity index (χ3n) is 4.49. The summed E-state index contributed by atoms with van der Waals surface area (Å²) in [5, 5.41) is 0. The highest BCUT2D eigenvalue weighted by molar-refractivity contribution is 7.95. The molecule has 3 nitrogen and oxygen atoms in total. The van der Waals surface area contributed by atoms with E-state index in [1.165, 1.54) is 24.3 Å². The van der Waals surface area contributed by atoms with E-state index in [1.807, 2.05) is 30.3 Å². The molecule has 1 unspecified atom stereocenters. The standard InChI is InChI=1S/C21H22FNO2S.ClH/c22-18-10-8-17(9-11-18)21(24)7-4-14-23-15-12-20(13-16-23)26(25)19-5-2-1-3-6-19;/h1-3,5-6,8-12H,4,7,13-16H2;1H. The SMILES string of the molecule is Cl.O=C(CCCN1CC=C([S+]([O-])c2ccccc2)CC1)c1ccc(F)cc1. The van der Waals surface area contributed by atoms with Crippen molar-refractivity contribution in [3.8, 4) is 0 Å². The monoisotopic (exact) mass is 407 g/mol. The molecule has 0 bridgehead atoms. The van der Waals surface area contributed by atoms with Crippen molar-refractivity contribution in [3.63, 3.8) is 0 Å². The first kappa shape index (κ1) is 21.6. The second-order valence-electron chi connectivity index (χ2n) is 6.34. The number of rotatable bonds is 7. The Hall–Kier alpha value is -1.66. The first-order chi connectivity index (χ1) is 12.6. The summed E-state index contributed by atoms with van der Waals surface area (Å²) in [7, 11) is 0. The van der Waals surface area contributed by atoms with Gasteiger partial charge in [0.2, 0.25) is 0 Å². The van der Waals surface area contributed by atoms with Crippen LogP contribution in [0.15, 0.2) is 70.5 Å². The third kappa shape index (κ3) is 6.18. The molecule has 1 heterocycles. The summed E-state index contributed by atoms with van der Waals surface area (Å²) < 4.78 is 25.4. The van der Waals surface area contributed by atoms with Crippen molar-refractivity contribution in [2.45, 2.75) is 24.2 Å². The normalized spacial score (nSPS) is 15.6. The van der Waals surface area contributed by atoms with Crippen molar-refractivity contribution in [2.75, 3.05) is 19.6 Å². The summed E-state index contributed by atoms with van der Waals surface area (Å²) in [4.78, 5) is 16.2. The third-order valence-corrected chi connectivity index (χ3v) is 6.04. The van der Waals surface area contributed by atoms with Gasteiger partial charge in [-0.2, -0.15) is 0 Å². The fourth-order valence-corrected chi connectivity index (χ4v) is 4.21. The lowest BCUT2D eigenvalue weighted by Crippen LogP contribution is -2.31. The van der Waals surface area contributed by atoms with Crippen molar-refractivity contribution in [2.24, 2.45) is 0 Å². The largest absolute Gasteiger partial charge is 0.607 e. The van der Waals surface area contributed by atoms with E-state index in [9.17, 15) is 13.7 Å². The number of carbonyl (C=O) groups excluding carboxylic acids is 1. The number of nitrogens with zero attached hydrogens (tertiary/aromatic N) is 1. The van der Waals surface area contributed by atoms with Crippen molar-refractivity contribution in [3.05, 3.63) is 77.0 Å². The van der Waals surface area contributed by atoms with E-state index in [-0.39, 0.29) is 24.0 Å². The molecule has 1 aliphatic heterocycles. The Balaban J connectivity index is 0.00000261. The van der Waals surface area contributed by atoms with Crippen molar-refractivity contribution in [1.82, 2.24) is 4.90 Å². The minimum atomic E-state index is -1.08. The zero-order chi connectivity index (χ0) is 18.4. The molecule has 0 radical (unpaired) electrons. The first-order valence-corrected chi connectivity index (χ1v) is 9.95. The minimum absolute atomic E-state index is 0. The average Bonchev–Trinajstić information content (AvgIpc) is 2.69. The molecule has 0 saturated heterocycles. The van der Waals surface area contributed by atoms with Crippen LogP contribution in [0.2, 0.25) is 0 Å². The van der Waals surface area contributed by atoms with Gasteiger partial charge in [-0.15, -0.1) is 12.4 Å². The van der Waals surface area contributed by atoms with Gasteiger partial charge >= 0.3 is 0 Å². The number of halogens is 2. The molecule has 0 fully saturated rings. The lowest BCUT2D eigenvalue weighted by molar-refractivity contribution is 0.0975. The summed E-state index contributed by atoms with van der Waals surface area (Å²) in [6, 6.07) is 15.2. The minimum Gasteiger partial charge on any atom is -0.607 e. The Morgan fingerprint density at radius 1 is 1.11 bits per heavy atom. The van der Waals surface area contributed by atoms with Gasteiger partial charge in [0.1, 0.15) is 10.7 Å². The molecule has 0 saturated carbocycles. The van der Waals surface area contributed by atoms with Crippen molar-refractivity contribution < 1.29 is 13.7 Å². The molecule has 0 aromatic heterocycles. The van der Waals surface area contributed by atoms with Gasteiger partial charge in [-0.1, -0.05) is 18.2 Å². The van der Waals surface area contributed by atoms with Gasteiger partial charge < -0.3 is 4.55 Å². The maximum absolute atomic E-state index is 12.9. The molecule has 27 heavy (non-hydrogen) atoms. The highest BCUT2D eigenvalue weighted by atomic mass is 35.5. The maximum atomic E-state index is 12.9. The van der Waals surface area contributed by atoms with E-state index in [1.54, 1.807) is 0 Å². The van der Waals surface area contributed by atoms with E-state index in [2.05, 4.69) is 11.0 Å². The number of carbonyl (C=O) groups is 1. The molecule has 3 rings (SSSR count). The van der Waals surface area contributed by atoms with E-state index in [0.717, 1.165) is 42.3 Å². The lowest BCUT2D eigenvalue weighted by Gasteiger charge is -2.26. The topological polar surface area (TPSA) is 43.4 Å². The number of ketones is 1. The van der Waals surface area contributed by atoms with Crippen LogP contribution in [0.5, 0.6) is 0 Å². The highest BCUT2D eigenvalue weighted by Crippen LogP contribution is 2.24. The fourth-order valence-electron chi connectivity index (χ4n) is 3.00. The smallest absolute Gasteiger partial charge is 0.162 e. The number of hydrogen-bond donors (Lipinski definition) is 0. The molecule has 0 aliphatic carbocycles. The van der Waals surface area contributed by atoms with Gasteiger partial charge in [0.25, 0.3) is 0 Å². The predicted molar refractivity (Wildman–Crippen MR) is 109 cm³/mol. The van der Waals surface area contributed by atoms with E-state index < -0.39 is 11.2 Å². The molecule has 0 N–H and O–H groups in total. The van der Waals surface area contributed by atoms with Crippen molar-refractivity contribution >= 4 is 29.4 Å². The average molecular weight is 408 g/mol. The molecular weight excluding hydrogens is 385 g/mol. The molecule has 0 spiro atoms. The molecule has 1 atom stereocenters. The Bertz CT molecular complexity index is 768.